The molecule has 0 saturated carbocycles. The Bertz CT molecular complexity index is 394. The summed E-state index contributed by atoms with van der Waals surface area (Å²) >= 11 is 2.11. The van der Waals surface area contributed by atoms with Crippen LogP contribution in [-0.2, 0) is 0 Å². The lowest BCUT2D eigenvalue weighted by atomic mass is 10.6. The highest BCUT2D eigenvalue weighted by Gasteiger charge is 2.04. The van der Waals surface area contributed by atoms with Crippen LogP contribution >= 0.6 is 22.6 Å². The minimum absolute atomic E-state index is 0.532. The lowest BCUT2D eigenvalue weighted by molar-refractivity contribution is 0.914. The molecule has 0 fully saturated rings. The summed E-state index contributed by atoms with van der Waals surface area (Å²) in [7, 11) is 0. The van der Waals surface area contributed by atoms with Gasteiger partial charge in [0, 0.05) is 6.20 Å². The molecule has 2 N–H and O–H groups in total. The van der Waals surface area contributed by atoms with E-state index < -0.39 is 0 Å². The average Bonchev–Trinajstić information content (AvgIpc) is 2.30. The van der Waals surface area contributed by atoms with Crippen molar-refractivity contribution in [3.63, 3.8) is 0 Å². The SMILES string of the molecule is Nc1nc2cccnn2c1I. The third kappa shape index (κ3) is 0.953. The van der Waals surface area contributed by atoms with Crippen LogP contribution in [0.5, 0.6) is 0 Å². The third-order valence-corrected chi connectivity index (χ3v) is 2.37. The smallest absolute Gasteiger partial charge is 0.158 e. The second-order valence-electron chi connectivity index (χ2n) is 2.08. The number of nitrogen functional groups attached to an aromatic ring is 1. The number of halogens is 1. The molecule has 0 radical (unpaired) electrons. The standard InChI is InChI=1S/C6H5IN4/c7-5-6(8)10-4-2-1-3-9-11(4)5/h1-3H,8H2. The van der Waals surface area contributed by atoms with E-state index in [2.05, 4.69) is 32.7 Å². The van der Waals surface area contributed by atoms with Gasteiger partial charge in [0.15, 0.2) is 11.5 Å². The number of rotatable bonds is 0. The van der Waals surface area contributed by atoms with Gasteiger partial charge >= 0.3 is 0 Å². The van der Waals surface area contributed by atoms with Gasteiger partial charge in [-0.05, 0) is 34.7 Å². The summed E-state index contributed by atoms with van der Waals surface area (Å²) < 4.78 is 2.56. The van der Waals surface area contributed by atoms with Crippen LogP contribution in [0.4, 0.5) is 5.82 Å². The Morgan fingerprint density at radius 1 is 1.55 bits per heavy atom. The van der Waals surface area contributed by atoms with E-state index in [-0.39, 0.29) is 0 Å². The highest BCUT2D eigenvalue weighted by Crippen LogP contribution is 2.14. The van der Waals surface area contributed by atoms with Gasteiger partial charge in [-0.3, -0.25) is 0 Å². The minimum atomic E-state index is 0.532. The zero-order valence-corrected chi connectivity index (χ0v) is 7.69. The molecule has 0 atom stereocenters. The van der Waals surface area contributed by atoms with Gasteiger partial charge in [-0.1, -0.05) is 0 Å². The summed E-state index contributed by atoms with van der Waals surface area (Å²) in [6.07, 6.45) is 1.70. The maximum atomic E-state index is 5.57. The van der Waals surface area contributed by atoms with Crippen molar-refractivity contribution in [1.29, 1.82) is 0 Å². The van der Waals surface area contributed by atoms with E-state index in [1.54, 1.807) is 10.7 Å². The first-order valence-electron chi connectivity index (χ1n) is 3.04. The molecule has 0 bridgehead atoms. The first kappa shape index (κ1) is 6.84. The van der Waals surface area contributed by atoms with Crippen LogP contribution in [0.1, 0.15) is 0 Å². The summed E-state index contributed by atoms with van der Waals surface area (Å²) in [5, 5.41) is 4.07. The molecule has 0 aliphatic rings. The van der Waals surface area contributed by atoms with Gasteiger partial charge in [0.1, 0.15) is 3.70 Å². The summed E-state index contributed by atoms with van der Waals surface area (Å²) in [6, 6.07) is 3.70. The first-order valence-corrected chi connectivity index (χ1v) is 4.11. The molecule has 0 aliphatic carbocycles. The van der Waals surface area contributed by atoms with Crippen LogP contribution in [0, 0.1) is 3.70 Å². The highest BCUT2D eigenvalue weighted by molar-refractivity contribution is 14.1. The fourth-order valence-electron chi connectivity index (χ4n) is 0.878. The number of nitrogens with two attached hydrogens (primary N) is 1. The molecular formula is C6H5IN4. The molecule has 2 heterocycles. The number of fused-ring (bicyclic) bond motifs is 1. The molecule has 56 valence electrons. The molecule has 5 heteroatoms. The molecule has 0 aromatic carbocycles. The van der Waals surface area contributed by atoms with Crippen molar-refractivity contribution in [2.75, 3.05) is 5.73 Å². The second kappa shape index (κ2) is 2.33. The number of nitrogens with zero attached hydrogens (tertiary/aromatic N) is 3. The number of hydrogen-bond acceptors (Lipinski definition) is 3. The van der Waals surface area contributed by atoms with E-state index in [4.69, 9.17) is 5.73 Å². The normalized spacial score (nSPS) is 10.6. The second-order valence-corrected chi connectivity index (χ2v) is 3.10. The lowest BCUT2D eigenvalue weighted by Gasteiger charge is -1.89. The zero-order valence-electron chi connectivity index (χ0n) is 5.53. The fraction of sp³-hybridized carbons (Fsp3) is 0. The molecule has 0 saturated heterocycles. The lowest BCUT2D eigenvalue weighted by Crippen LogP contribution is -1.92. The number of imidazole rings is 1. The van der Waals surface area contributed by atoms with E-state index in [1.807, 2.05) is 12.1 Å². The Hall–Kier alpha value is -0.850. The van der Waals surface area contributed by atoms with Crippen LogP contribution in [0.3, 0.4) is 0 Å². The van der Waals surface area contributed by atoms with Gasteiger partial charge in [0.25, 0.3) is 0 Å². The molecule has 11 heavy (non-hydrogen) atoms. The number of aromatic nitrogens is 3. The molecule has 0 unspecified atom stereocenters. The van der Waals surface area contributed by atoms with Crippen LogP contribution in [0.25, 0.3) is 5.65 Å². The quantitative estimate of drug-likeness (QED) is 0.716. The van der Waals surface area contributed by atoms with Gasteiger partial charge in [0.05, 0.1) is 0 Å². The Morgan fingerprint density at radius 2 is 2.36 bits per heavy atom. The van der Waals surface area contributed by atoms with Crippen molar-refractivity contribution in [1.82, 2.24) is 14.6 Å². The van der Waals surface area contributed by atoms with Crippen molar-refractivity contribution in [2.24, 2.45) is 0 Å². The van der Waals surface area contributed by atoms with Gasteiger partial charge in [-0.15, -0.1) is 0 Å². The highest BCUT2D eigenvalue weighted by atomic mass is 127. The Labute approximate surface area is 76.6 Å². The Balaban J connectivity index is 2.92. The monoisotopic (exact) mass is 260 g/mol. The van der Waals surface area contributed by atoms with Crippen molar-refractivity contribution in [2.45, 2.75) is 0 Å². The van der Waals surface area contributed by atoms with E-state index >= 15 is 0 Å². The minimum Gasteiger partial charge on any atom is -0.381 e. The van der Waals surface area contributed by atoms with Gasteiger partial charge < -0.3 is 5.73 Å². The van der Waals surface area contributed by atoms with Gasteiger partial charge in [-0.2, -0.15) is 5.10 Å². The summed E-state index contributed by atoms with van der Waals surface area (Å²) in [4.78, 5) is 4.08. The molecule has 2 aromatic heterocycles. The summed E-state index contributed by atoms with van der Waals surface area (Å²) in [5.41, 5.74) is 6.36. The topological polar surface area (TPSA) is 56.2 Å². The molecule has 0 amide bonds. The summed E-state index contributed by atoms with van der Waals surface area (Å²) in [5.74, 6) is 0.532. The maximum Gasteiger partial charge on any atom is 0.158 e. The zero-order chi connectivity index (χ0) is 7.84. The van der Waals surface area contributed by atoms with Gasteiger partial charge in [-0.25, -0.2) is 9.50 Å². The molecule has 0 aliphatic heterocycles. The van der Waals surface area contributed by atoms with E-state index in [9.17, 15) is 0 Å². The Kier molecular flexibility index (Phi) is 1.45. The predicted molar refractivity (Wildman–Crippen MR) is 50.1 cm³/mol. The fourth-order valence-corrected chi connectivity index (χ4v) is 1.37. The first-order chi connectivity index (χ1) is 5.29. The van der Waals surface area contributed by atoms with Crippen molar-refractivity contribution >= 4 is 34.1 Å². The van der Waals surface area contributed by atoms with Crippen LogP contribution in [0.2, 0.25) is 0 Å². The molecule has 0 spiro atoms. The van der Waals surface area contributed by atoms with Crippen LogP contribution in [-0.4, -0.2) is 14.6 Å². The third-order valence-electron chi connectivity index (χ3n) is 1.36. The van der Waals surface area contributed by atoms with Crippen molar-refractivity contribution in [3.8, 4) is 0 Å². The number of hydrogen-bond donors (Lipinski definition) is 1. The van der Waals surface area contributed by atoms with Gasteiger partial charge in [0.2, 0.25) is 0 Å². The average molecular weight is 260 g/mol. The molecular weight excluding hydrogens is 255 g/mol. The molecule has 2 rings (SSSR count). The van der Waals surface area contributed by atoms with Crippen LogP contribution < -0.4 is 5.73 Å². The largest absolute Gasteiger partial charge is 0.381 e. The number of anilines is 1. The molecule has 4 nitrogen and oxygen atoms in total. The molecule has 2 aromatic rings. The van der Waals surface area contributed by atoms with Crippen molar-refractivity contribution in [3.05, 3.63) is 22.0 Å². The predicted octanol–water partition coefficient (Wildman–Crippen LogP) is 0.916. The van der Waals surface area contributed by atoms with E-state index in [0.717, 1.165) is 9.35 Å². The summed E-state index contributed by atoms with van der Waals surface area (Å²) in [6.45, 7) is 0. The van der Waals surface area contributed by atoms with Crippen LogP contribution in [0.15, 0.2) is 18.3 Å². The Morgan fingerprint density at radius 3 is 3.09 bits per heavy atom. The van der Waals surface area contributed by atoms with E-state index in [0.29, 0.717) is 5.82 Å². The van der Waals surface area contributed by atoms with Crippen molar-refractivity contribution < 1.29 is 0 Å². The maximum absolute atomic E-state index is 5.57. The van der Waals surface area contributed by atoms with E-state index in [1.165, 1.54) is 0 Å².